The lowest BCUT2D eigenvalue weighted by molar-refractivity contribution is -0.385. The third-order valence-corrected chi connectivity index (χ3v) is 3.50. The molecule has 0 unspecified atom stereocenters. The van der Waals surface area contributed by atoms with Crippen LogP contribution in [0.5, 0.6) is 0 Å². The fourth-order valence-corrected chi connectivity index (χ4v) is 2.13. The molecule has 0 bridgehead atoms. The number of hydrogen-bond acceptors (Lipinski definition) is 4. The summed E-state index contributed by atoms with van der Waals surface area (Å²) in [5, 5.41) is 22.2. The molecule has 2 N–H and O–H groups in total. The van der Waals surface area contributed by atoms with Crippen molar-refractivity contribution in [3.05, 3.63) is 33.4 Å². The Labute approximate surface area is 120 Å². The number of carboxylic acids is 1. The number of benzene rings is 1. The van der Waals surface area contributed by atoms with Crippen LogP contribution in [-0.2, 0) is 4.79 Å². The lowest BCUT2D eigenvalue weighted by Gasteiger charge is -2.36. The molecule has 1 aromatic carbocycles. The first-order valence-electron chi connectivity index (χ1n) is 6.34. The van der Waals surface area contributed by atoms with Crippen molar-refractivity contribution in [2.75, 3.05) is 18.4 Å². The smallest absolute Gasteiger partial charge is 0.321 e. The van der Waals surface area contributed by atoms with Crippen molar-refractivity contribution in [2.24, 2.45) is 5.92 Å². The van der Waals surface area contributed by atoms with Gasteiger partial charge in [0.1, 0.15) is 0 Å². The predicted molar refractivity (Wildman–Crippen MR) is 74.3 cm³/mol. The predicted octanol–water partition coefficient (Wildman–Crippen LogP) is 1.76. The minimum Gasteiger partial charge on any atom is -0.481 e. The van der Waals surface area contributed by atoms with Crippen LogP contribution in [0.15, 0.2) is 12.1 Å². The fraction of sp³-hybridized carbons (Fsp3) is 0.385. The Morgan fingerprint density at radius 2 is 1.95 bits per heavy atom. The molecule has 0 saturated carbocycles. The van der Waals surface area contributed by atoms with E-state index in [4.69, 9.17) is 5.11 Å². The molecule has 1 aliphatic heterocycles. The maximum Gasteiger partial charge on any atom is 0.321 e. The highest BCUT2D eigenvalue weighted by atomic mass is 16.6. The molecule has 112 valence electrons. The van der Waals surface area contributed by atoms with E-state index in [9.17, 15) is 19.7 Å². The van der Waals surface area contributed by atoms with Gasteiger partial charge in [-0.05, 0) is 25.5 Å². The molecule has 1 aliphatic rings. The van der Waals surface area contributed by atoms with E-state index in [1.807, 2.05) is 0 Å². The molecule has 8 nitrogen and oxygen atoms in total. The minimum absolute atomic E-state index is 0.000362. The Morgan fingerprint density at radius 3 is 2.48 bits per heavy atom. The molecule has 0 atom stereocenters. The fourth-order valence-electron chi connectivity index (χ4n) is 2.13. The van der Waals surface area contributed by atoms with Gasteiger partial charge in [0.15, 0.2) is 0 Å². The van der Waals surface area contributed by atoms with Gasteiger partial charge in [0, 0.05) is 30.4 Å². The SMILES string of the molecule is Cc1cc([N+](=O)[O-])c(C)cc1NC(=O)N1CC(C(=O)O)C1. The number of urea groups is 1. The molecule has 0 aromatic heterocycles. The summed E-state index contributed by atoms with van der Waals surface area (Å²) in [4.78, 5) is 34.4. The first-order valence-corrected chi connectivity index (χ1v) is 6.34. The minimum atomic E-state index is -0.915. The average molecular weight is 293 g/mol. The molecule has 1 heterocycles. The van der Waals surface area contributed by atoms with E-state index in [0.717, 1.165) is 0 Å². The van der Waals surface area contributed by atoms with Gasteiger partial charge < -0.3 is 15.3 Å². The Kier molecular flexibility index (Phi) is 3.79. The van der Waals surface area contributed by atoms with Crippen molar-refractivity contribution < 1.29 is 19.6 Å². The van der Waals surface area contributed by atoms with Crippen molar-refractivity contribution in [3.63, 3.8) is 0 Å². The summed E-state index contributed by atoms with van der Waals surface area (Å²) in [5.74, 6) is -1.43. The van der Waals surface area contributed by atoms with Gasteiger partial charge >= 0.3 is 12.0 Å². The third kappa shape index (κ3) is 2.93. The summed E-state index contributed by atoms with van der Waals surface area (Å²) >= 11 is 0. The van der Waals surface area contributed by atoms with Crippen molar-refractivity contribution in [1.82, 2.24) is 4.90 Å². The van der Waals surface area contributed by atoms with Gasteiger partial charge in [0.25, 0.3) is 5.69 Å². The monoisotopic (exact) mass is 293 g/mol. The molecule has 2 amide bonds. The number of amides is 2. The normalized spacial score (nSPS) is 14.5. The maximum atomic E-state index is 11.9. The van der Waals surface area contributed by atoms with Crippen LogP contribution in [0.1, 0.15) is 11.1 Å². The van der Waals surface area contributed by atoms with Crippen LogP contribution >= 0.6 is 0 Å². The summed E-state index contributed by atoms with van der Waals surface area (Å²) in [7, 11) is 0. The second-order valence-corrected chi connectivity index (χ2v) is 5.08. The molecule has 21 heavy (non-hydrogen) atoms. The summed E-state index contributed by atoms with van der Waals surface area (Å²) in [6.07, 6.45) is 0. The average Bonchev–Trinajstić information content (AvgIpc) is 2.30. The molecule has 0 spiro atoms. The number of carbonyl (C=O) groups excluding carboxylic acids is 1. The van der Waals surface area contributed by atoms with Crippen LogP contribution in [0.25, 0.3) is 0 Å². The Hall–Kier alpha value is -2.64. The lowest BCUT2D eigenvalue weighted by Crippen LogP contribution is -2.54. The quantitative estimate of drug-likeness (QED) is 0.651. The van der Waals surface area contributed by atoms with Gasteiger partial charge in [-0.3, -0.25) is 14.9 Å². The van der Waals surface area contributed by atoms with Gasteiger partial charge in [-0.1, -0.05) is 0 Å². The molecule has 8 heteroatoms. The van der Waals surface area contributed by atoms with Crippen LogP contribution < -0.4 is 5.32 Å². The number of anilines is 1. The second-order valence-electron chi connectivity index (χ2n) is 5.08. The van der Waals surface area contributed by atoms with Crippen molar-refractivity contribution in [2.45, 2.75) is 13.8 Å². The van der Waals surface area contributed by atoms with Crippen molar-refractivity contribution >= 4 is 23.4 Å². The zero-order valence-corrected chi connectivity index (χ0v) is 11.6. The largest absolute Gasteiger partial charge is 0.481 e. The number of carboxylic acid groups (broad SMARTS) is 1. The zero-order chi connectivity index (χ0) is 15.7. The van der Waals surface area contributed by atoms with Crippen molar-refractivity contribution in [1.29, 1.82) is 0 Å². The van der Waals surface area contributed by atoms with E-state index >= 15 is 0 Å². The molecule has 1 saturated heterocycles. The van der Waals surface area contributed by atoms with Crippen LogP contribution in [-0.4, -0.2) is 40.0 Å². The van der Waals surface area contributed by atoms with Gasteiger partial charge in [0.2, 0.25) is 0 Å². The number of hydrogen-bond donors (Lipinski definition) is 2. The number of carbonyl (C=O) groups is 2. The number of nitro groups is 1. The van der Waals surface area contributed by atoms with Crippen LogP contribution in [0.3, 0.4) is 0 Å². The topological polar surface area (TPSA) is 113 Å². The number of nitrogens with one attached hydrogen (secondary N) is 1. The third-order valence-electron chi connectivity index (χ3n) is 3.50. The summed E-state index contributed by atoms with van der Waals surface area (Å²) in [6, 6.07) is 2.55. The summed E-state index contributed by atoms with van der Waals surface area (Å²) in [5.41, 5.74) is 1.52. The Balaban J connectivity index is 2.07. The molecular formula is C13H15N3O5. The number of aliphatic carboxylic acids is 1. The molecular weight excluding hydrogens is 278 g/mol. The number of nitro benzene ring substituents is 1. The van der Waals surface area contributed by atoms with E-state index in [2.05, 4.69) is 5.32 Å². The maximum absolute atomic E-state index is 11.9. The zero-order valence-electron chi connectivity index (χ0n) is 11.6. The van der Waals surface area contributed by atoms with Crippen LogP contribution in [0.4, 0.5) is 16.2 Å². The first-order chi connectivity index (χ1) is 9.79. The van der Waals surface area contributed by atoms with E-state index in [0.29, 0.717) is 16.8 Å². The molecule has 0 aliphatic carbocycles. The molecule has 0 radical (unpaired) electrons. The summed E-state index contributed by atoms with van der Waals surface area (Å²) < 4.78 is 0. The van der Waals surface area contributed by atoms with E-state index in [-0.39, 0.29) is 18.8 Å². The highest BCUT2D eigenvalue weighted by Crippen LogP contribution is 2.27. The van der Waals surface area contributed by atoms with Crippen LogP contribution in [0, 0.1) is 29.9 Å². The van der Waals surface area contributed by atoms with Gasteiger partial charge in [-0.2, -0.15) is 0 Å². The molecule has 2 rings (SSSR count). The van der Waals surface area contributed by atoms with Crippen LogP contribution in [0.2, 0.25) is 0 Å². The van der Waals surface area contributed by atoms with Gasteiger partial charge in [0.05, 0.1) is 10.8 Å². The summed E-state index contributed by atoms with van der Waals surface area (Å²) in [6.45, 7) is 3.61. The lowest BCUT2D eigenvalue weighted by atomic mass is 10.0. The molecule has 1 aromatic rings. The van der Waals surface area contributed by atoms with E-state index < -0.39 is 22.8 Å². The first kappa shape index (κ1) is 14.8. The molecule has 1 fully saturated rings. The number of nitrogens with zero attached hydrogens (tertiary/aromatic N) is 2. The highest BCUT2D eigenvalue weighted by Gasteiger charge is 2.35. The standard InChI is InChI=1S/C13H15N3O5/c1-7-4-11(16(20)21)8(2)3-10(7)14-13(19)15-5-9(6-15)12(17)18/h3-4,9H,5-6H2,1-2H3,(H,14,19)(H,17,18). The highest BCUT2D eigenvalue weighted by molar-refractivity contribution is 5.92. The van der Waals surface area contributed by atoms with Gasteiger partial charge in [-0.15, -0.1) is 0 Å². The van der Waals surface area contributed by atoms with Gasteiger partial charge in [-0.25, -0.2) is 4.79 Å². The second kappa shape index (κ2) is 5.39. The van der Waals surface area contributed by atoms with E-state index in [1.165, 1.54) is 11.0 Å². The Bertz CT molecular complexity index is 622. The number of aryl methyl sites for hydroxylation is 2. The Morgan fingerprint density at radius 1 is 1.33 bits per heavy atom. The van der Waals surface area contributed by atoms with E-state index in [1.54, 1.807) is 19.9 Å². The number of likely N-dealkylation sites (tertiary alicyclic amines) is 1. The number of rotatable bonds is 3. The van der Waals surface area contributed by atoms with Crippen molar-refractivity contribution in [3.8, 4) is 0 Å².